The zero-order chi connectivity index (χ0) is 14.3. The van der Waals surface area contributed by atoms with E-state index in [0.717, 1.165) is 16.8 Å². The Hall–Kier alpha value is -0.980. The summed E-state index contributed by atoms with van der Waals surface area (Å²) in [5.74, 6) is 0.591. The molecule has 0 atom stereocenters. The van der Waals surface area contributed by atoms with Gasteiger partial charge < -0.3 is 15.0 Å². The van der Waals surface area contributed by atoms with Crippen LogP contribution in [0.15, 0.2) is 12.1 Å². The number of carbonyl (C=O) groups excluding carboxylic acids is 1. The molecule has 18 heavy (non-hydrogen) atoms. The molecule has 1 rings (SSSR count). The van der Waals surface area contributed by atoms with E-state index in [1.807, 2.05) is 49.9 Å². The fourth-order valence-corrected chi connectivity index (χ4v) is 1.56. The predicted octanol–water partition coefficient (Wildman–Crippen LogP) is 3.14. The van der Waals surface area contributed by atoms with Gasteiger partial charge in [-0.15, -0.1) is 0 Å². The fourth-order valence-electron chi connectivity index (χ4n) is 1.56. The summed E-state index contributed by atoms with van der Waals surface area (Å²) in [7, 11) is 5.46. The third-order valence-electron chi connectivity index (χ3n) is 2.38. The minimum atomic E-state index is -0.448. The maximum atomic E-state index is 11.2. The monoisotopic (exact) mass is 364 g/mol. The molecule has 0 aromatic heterocycles. The average Bonchev–Trinajstić information content (AvgIpc) is 2.34. The molecule has 0 fully saturated rings. The smallest absolute Gasteiger partial charge is 0.410 e. The van der Waals surface area contributed by atoms with Gasteiger partial charge >= 0.3 is 6.09 Å². The molecule has 0 saturated heterocycles. The molecule has 0 radical (unpaired) electrons. The van der Waals surface area contributed by atoms with E-state index in [9.17, 15) is 4.79 Å². The maximum Gasteiger partial charge on any atom is 0.412 e. The number of ether oxygens (including phenoxy) is 1. The van der Waals surface area contributed by atoms with Crippen molar-refractivity contribution >= 4 is 34.4 Å². The van der Waals surface area contributed by atoms with Crippen LogP contribution in [0.1, 0.15) is 11.1 Å². The lowest BCUT2D eigenvalue weighted by molar-refractivity contribution is 0.202. The number of amides is 1. The van der Waals surface area contributed by atoms with Crippen LogP contribution < -0.4 is 15.0 Å². The summed E-state index contributed by atoms with van der Waals surface area (Å²) in [4.78, 5) is 15.1. The van der Waals surface area contributed by atoms with Gasteiger partial charge in [-0.1, -0.05) is 28.7 Å². The molecule has 0 aliphatic heterocycles. The lowest BCUT2D eigenvalue weighted by atomic mass is 10.1. The first-order valence-electron chi connectivity index (χ1n) is 5.51. The van der Waals surface area contributed by atoms with Crippen LogP contribution in [0.4, 0.5) is 10.5 Å². The highest BCUT2D eigenvalue weighted by atomic mass is 127. The first-order valence-corrected chi connectivity index (χ1v) is 7.67. The quantitative estimate of drug-likeness (QED) is 0.648. The molecule has 1 aromatic carbocycles. The summed E-state index contributed by atoms with van der Waals surface area (Å²) in [6.45, 7) is 3.96. The van der Waals surface area contributed by atoms with E-state index in [1.54, 1.807) is 7.05 Å². The lowest BCUT2D eigenvalue weighted by Gasteiger charge is -2.18. The summed E-state index contributed by atoms with van der Waals surface area (Å²) in [5.41, 5.74) is 3.16. The van der Waals surface area contributed by atoms with Gasteiger partial charge in [0.2, 0.25) is 0 Å². The summed E-state index contributed by atoms with van der Waals surface area (Å²) in [5, 5.41) is 2.43. The molecule has 102 valence electrons. The lowest BCUT2D eigenvalue weighted by Crippen LogP contribution is -2.22. The van der Waals surface area contributed by atoms with E-state index in [0.29, 0.717) is 5.75 Å². The van der Waals surface area contributed by atoms with Crippen LogP contribution in [-0.4, -0.2) is 32.2 Å². The van der Waals surface area contributed by atoms with Crippen molar-refractivity contribution in [3.05, 3.63) is 23.3 Å². The molecule has 0 unspecified atom stereocenters. The van der Waals surface area contributed by atoms with Crippen molar-refractivity contribution < 1.29 is 9.53 Å². The average molecular weight is 364 g/mol. The number of alkyl halides is 1. The van der Waals surface area contributed by atoms with Crippen molar-refractivity contribution in [3.63, 3.8) is 0 Å². The molecule has 4 nitrogen and oxygen atoms in total. The van der Waals surface area contributed by atoms with Crippen LogP contribution in [0.3, 0.4) is 0 Å². The largest absolute Gasteiger partial charge is 0.412 e. The first-order chi connectivity index (χ1) is 8.45. The minimum absolute atomic E-state index is 0.448. The van der Waals surface area contributed by atoms with E-state index in [2.05, 4.69) is 27.9 Å². The van der Waals surface area contributed by atoms with Crippen LogP contribution in [0, 0.1) is 13.8 Å². The Bertz CT molecular complexity index is 406. The molecule has 0 aliphatic rings. The van der Waals surface area contributed by atoms with Crippen molar-refractivity contribution in [2.75, 3.05) is 31.0 Å². The number of aryl methyl sites for hydroxylation is 2. The van der Waals surface area contributed by atoms with Gasteiger partial charge in [-0.3, -0.25) is 0 Å². The van der Waals surface area contributed by atoms with Crippen molar-refractivity contribution in [3.8, 4) is 5.75 Å². The van der Waals surface area contributed by atoms with Crippen LogP contribution in [0.2, 0.25) is 0 Å². The van der Waals surface area contributed by atoms with Crippen molar-refractivity contribution in [2.24, 2.45) is 0 Å². The normalized spacial score (nSPS) is 9.06. The Kier molecular flexibility index (Phi) is 7.73. The Balaban J connectivity index is 0.00000137. The molecule has 0 heterocycles. The van der Waals surface area contributed by atoms with Crippen LogP contribution >= 0.6 is 22.6 Å². The number of carbonyl (C=O) groups is 1. The van der Waals surface area contributed by atoms with E-state index >= 15 is 0 Å². The number of benzene rings is 1. The Morgan fingerprint density at radius 1 is 1.22 bits per heavy atom. The third kappa shape index (κ3) is 4.72. The maximum absolute atomic E-state index is 11.2. The number of rotatable bonds is 2. The van der Waals surface area contributed by atoms with Gasteiger partial charge in [0.05, 0.1) is 0 Å². The predicted molar refractivity (Wildman–Crippen MR) is 85.3 cm³/mol. The number of anilines is 1. The molecule has 0 bridgehead atoms. The van der Waals surface area contributed by atoms with Gasteiger partial charge in [0, 0.05) is 32.9 Å². The highest BCUT2D eigenvalue weighted by Crippen LogP contribution is 2.28. The fraction of sp³-hybridized carbons (Fsp3) is 0.462. The van der Waals surface area contributed by atoms with E-state index in [4.69, 9.17) is 4.74 Å². The highest BCUT2D eigenvalue weighted by molar-refractivity contribution is 14.1. The van der Waals surface area contributed by atoms with E-state index < -0.39 is 6.09 Å². The van der Waals surface area contributed by atoms with Crippen LogP contribution in [0.5, 0.6) is 5.75 Å². The first kappa shape index (κ1) is 17.0. The van der Waals surface area contributed by atoms with Crippen molar-refractivity contribution in [1.82, 2.24) is 5.32 Å². The summed E-state index contributed by atoms with van der Waals surface area (Å²) < 4.78 is 5.16. The number of hydrogen-bond acceptors (Lipinski definition) is 3. The zero-order valence-electron chi connectivity index (χ0n) is 11.8. The molecule has 1 N–H and O–H groups in total. The Labute approximate surface area is 123 Å². The second-order valence-corrected chi connectivity index (χ2v) is 3.94. The number of hydrogen-bond donors (Lipinski definition) is 1. The minimum Gasteiger partial charge on any atom is -0.410 e. The van der Waals surface area contributed by atoms with E-state index in [-0.39, 0.29) is 0 Å². The zero-order valence-corrected chi connectivity index (χ0v) is 14.0. The second kappa shape index (κ2) is 8.18. The second-order valence-electron chi connectivity index (χ2n) is 3.94. The molecular weight excluding hydrogens is 343 g/mol. The summed E-state index contributed by atoms with van der Waals surface area (Å²) in [6.07, 6.45) is -0.448. The standard InChI is InChI=1S/C12H18N2O2.CH3I/c1-8-6-9(2)11(16-12(15)13-3)7-10(8)14(4)5;1-2/h6-7H,1-5H3,(H,13,15);1H3. The van der Waals surface area contributed by atoms with Crippen LogP contribution in [0.25, 0.3) is 0 Å². The summed E-state index contributed by atoms with van der Waals surface area (Å²) in [6, 6.07) is 3.88. The van der Waals surface area contributed by atoms with Crippen LogP contribution in [-0.2, 0) is 0 Å². The third-order valence-corrected chi connectivity index (χ3v) is 2.38. The molecule has 0 spiro atoms. The molecule has 5 heteroatoms. The number of halogens is 1. The topological polar surface area (TPSA) is 41.6 Å². The SMILES string of the molecule is CI.CNC(=O)Oc1cc(N(C)C)c(C)cc1C. The Morgan fingerprint density at radius 2 is 1.78 bits per heavy atom. The van der Waals surface area contributed by atoms with Gasteiger partial charge in [-0.05, 0) is 29.9 Å². The van der Waals surface area contributed by atoms with Crippen molar-refractivity contribution in [1.29, 1.82) is 0 Å². The molecule has 0 saturated carbocycles. The molecule has 1 aromatic rings. The van der Waals surface area contributed by atoms with Gasteiger partial charge in [-0.2, -0.15) is 0 Å². The number of nitrogens with zero attached hydrogens (tertiary/aromatic N) is 1. The number of nitrogens with one attached hydrogen (secondary N) is 1. The summed E-state index contributed by atoms with van der Waals surface area (Å²) >= 11 is 2.15. The highest BCUT2D eigenvalue weighted by Gasteiger charge is 2.09. The van der Waals surface area contributed by atoms with Gasteiger partial charge in [0.1, 0.15) is 5.75 Å². The van der Waals surface area contributed by atoms with Gasteiger partial charge in [0.25, 0.3) is 0 Å². The van der Waals surface area contributed by atoms with Crippen molar-refractivity contribution in [2.45, 2.75) is 13.8 Å². The molecular formula is C13H21IN2O2. The Morgan fingerprint density at radius 3 is 2.22 bits per heavy atom. The van der Waals surface area contributed by atoms with Gasteiger partial charge in [0.15, 0.2) is 0 Å². The molecule has 1 amide bonds. The van der Waals surface area contributed by atoms with E-state index in [1.165, 1.54) is 0 Å². The molecule has 0 aliphatic carbocycles. The van der Waals surface area contributed by atoms with Gasteiger partial charge in [-0.25, -0.2) is 4.79 Å².